The van der Waals surface area contributed by atoms with Crippen LogP contribution in [0.2, 0.25) is 0 Å². The van der Waals surface area contributed by atoms with Crippen LogP contribution < -0.4 is 5.48 Å². The minimum atomic E-state index is -0.901. The molecule has 1 heterocycles. The smallest absolute Gasteiger partial charge is 0.357 e. The van der Waals surface area contributed by atoms with Crippen molar-refractivity contribution >= 4 is 29.1 Å². The maximum Gasteiger partial charge on any atom is 0.357 e. The van der Waals surface area contributed by atoms with Crippen LogP contribution in [0, 0.1) is 18.3 Å². The molecule has 2 atom stereocenters. The number of thiazole rings is 1. The number of esters is 2. The standard InChI is InChI=1S/C22H32N2O6S/c1-8-10-11-18(21(27)29-22(5,6)7)30-24-15(14(3)4)12-17(25)19-23-16(13-31-19)20(26)28-9-2/h1,13-15,18,24H,9-12H2,2-7H3. The highest BCUT2D eigenvalue weighted by Crippen LogP contribution is 2.18. The van der Waals surface area contributed by atoms with Crippen LogP contribution in [0.3, 0.4) is 0 Å². The summed E-state index contributed by atoms with van der Waals surface area (Å²) in [4.78, 5) is 46.6. The summed E-state index contributed by atoms with van der Waals surface area (Å²) in [5, 5.41) is 1.71. The highest BCUT2D eigenvalue weighted by atomic mass is 32.1. The van der Waals surface area contributed by atoms with Gasteiger partial charge in [0, 0.05) is 24.3 Å². The Kier molecular flexibility index (Phi) is 10.8. The molecule has 0 fully saturated rings. The van der Waals surface area contributed by atoms with Gasteiger partial charge in [-0.1, -0.05) is 13.8 Å². The lowest BCUT2D eigenvalue weighted by Crippen LogP contribution is -2.42. The molecular weight excluding hydrogens is 420 g/mol. The molecule has 0 amide bonds. The largest absolute Gasteiger partial charge is 0.461 e. The SMILES string of the molecule is C#CCCC(ONC(CC(=O)c1nc(C(=O)OCC)cs1)C(C)C)C(=O)OC(C)(C)C. The molecule has 1 aromatic rings. The van der Waals surface area contributed by atoms with Crippen molar-refractivity contribution in [1.29, 1.82) is 0 Å². The van der Waals surface area contributed by atoms with Crippen molar-refractivity contribution in [1.82, 2.24) is 10.5 Å². The molecule has 8 nitrogen and oxygen atoms in total. The Morgan fingerprint density at radius 2 is 1.97 bits per heavy atom. The third kappa shape index (κ3) is 9.59. The normalized spacial score (nSPS) is 13.4. The number of nitrogens with one attached hydrogen (secondary N) is 1. The Balaban J connectivity index is 2.79. The molecule has 0 aliphatic carbocycles. The van der Waals surface area contributed by atoms with Crippen molar-refractivity contribution in [2.24, 2.45) is 5.92 Å². The fourth-order valence-electron chi connectivity index (χ4n) is 2.38. The fourth-order valence-corrected chi connectivity index (χ4v) is 3.12. The zero-order valence-corrected chi connectivity index (χ0v) is 19.8. The number of Topliss-reactive ketones (excluding diaryl/α,β-unsaturated/α-hetero) is 1. The molecule has 172 valence electrons. The molecular formula is C22H32N2O6S. The lowest BCUT2D eigenvalue weighted by Gasteiger charge is -2.26. The van der Waals surface area contributed by atoms with Gasteiger partial charge >= 0.3 is 11.9 Å². The first-order chi connectivity index (χ1) is 14.5. The van der Waals surface area contributed by atoms with Gasteiger partial charge in [0.15, 0.2) is 22.6 Å². The highest BCUT2D eigenvalue weighted by molar-refractivity contribution is 7.11. The van der Waals surface area contributed by atoms with Crippen LogP contribution in [0.1, 0.15) is 81.1 Å². The van der Waals surface area contributed by atoms with Crippen molar-refractivity contribution in [3.8, 4) is 12.3 Å². The van der Waals surface area contributed by atoms with Gasteiger partial charge in [-0.15, -0.1) is 23.7 Å². The maximum absolute atomic E-state index is 12.7. The van der Waals surface area contributed by atoms with Gasteiger partial charge in [-0.25, -0.2) is 14.6 Å². The quantitative estimate of drug-likeness (QED) is 0.222. The van der Waals surface area contributed by atoms with E-state index in [1.54, 1.807) is 27.7 Å². The van der Waals surface area contributed by atoms with E-state index in [9.17, 15) is 14.4 Å². The van der Waals surface area contributed by atoms with E-state index in [1.165, 1.54) is 5.38 Å². The molecule has 0 aliphatic rings. The van der Waals surface area contributed by atoms with Crippen LogP contribution in [-0.4, -0.2) is 47.1 Å². The summed E-state index contributed by atoms with van der Waals surface area (Å²) >= 11 is 1.09. The van der Waals surface area contributed by atoms with Crippen molar-refractivity contribution in [2.45, 2.75) is 78.6 Å². The van der Waals surface area contributed by atoms with E-state index >= 15 is 0 Å². The van der Waals surface area contributed by atoms with Gasteiger partial charge in [0.05, 0.1) is 6.61 Å². The third-order valence-corrected chi connectivity index (χ3v) is 4.90. The number of hydrogen-bond donors (Lipinski definition) is 1. The summed E-state index contributed by atoms with van der Waals surface area (Å²) in [5.41, 5.74) is 2.29. The van der Waals surface area contributed by atoms with Crippen molar-refractivity contribution in [2.75, 3.05) is 6.61 Å². The predicted octanol–water partition coefficient (Wildman–Crippen LogP) is 3.56. The van der Waals surface area contributed by atoms with Gasteiger partial charge in [-0.3, -0.25) is 9.63 Å². The number of ether oxygens (including phenoxy) is 2. The summed E-state index contributed by atoms with van der Waals surface area (Å²) < 4.78 is 10.3. The predicted molar refractivity (Wildman–Crippen MR) is 118 cm³/mol. The van der Waals surface area contributed by atoms with Gasteiger partial charge < -0.3 is 9.47 Å². The monoisotopic (exact) mass is 452 g/mol. The van der Waals surface area contributed by atoms with E-state index in [0.29, 0.717) is 6.42 Å². The van der Waals surface area contributed by atoms with E-state index in [2.05, 4.69) is 16.4 Å². The summed E-state index contributed by atoms with van der Waals surface area (Å²) in [6, 6.07) is -0.391. The average molecular weight is 453 g/mol. The molecule has 1 N–H and O–H groups in total. The van der Waals surface area contributed by atoms with Crippen LogP contribution in [-0.2, 0) is 19.1 Å². The molecule has 0 bridgehead atoms. The molecule has 0 spiro atoms. The lowest BCUT2D eigenvalue weighted by atomic mass is 10.00. The highest BCUT2D eigenvalue weighted by Gasteiger charge is 2.28. The number of hydroxylamine groups is 1. The molecule has 1 aromatic heterocycles. The van der Waals surface area contributed by atoms with Gasteiger partial charge in [-0.05, 0) is 40.0 Å². The summed E-state index contributed by atoms with van der Waals surface area (Å²) in [6.07, 6.45) is 5.12. The number of carbonyl (C=O) groups is 3. The van der Waals surface area contributed by atoms with E-state index in [1.807, 2.05) is 13.8 Å². The molecule has 0 radical (unpaired) electrons. The Hall–Kier alpha value is -2.28. The van der Waals surface area contributed by atoms with E-state index in [-0.39, 0.29) is 41.9 Å². The molecule has 31 heavy (non-hydrogen) atoms. The number of rotatable bonds is 12. The van der Waals surface area contributed by atoms with Crippen LogP contribution in [0.15, 0.2) is 5.38 Å². The molecule has 2 unspecified atom stereocenters. The van der Waals surface area contributed by atoms with Gasteiger partial charge in [0.25, 0.3) is 0 Å². The zero-order chi connectivity index (χ0) is 23.6. The minimum Gasteiger partial charge on any atom is -0.461 e. The van der Waals surface area contributed by atoms with Gasteiger partial charge in [0.1, 0.15) is 5.60 Å². The van der Waals surface area contributed by atoms with E-state index in [0.717, 1.165) is 11.3 Å². The molecule has 0 aromatic carbocycles. The summed E-state index contributed by atoms with van der Waals surface area (Å²) in [6.45, 7) is 11.1. The van der Waals surface area contributed by atoms with Crippen LogP contribution in [0.25, 0.3) is 0 Å². The first-order valence-electron chi connectivity index (χ1n) is 10.2. The zero-order valence-electron chi connectivity index (χ0n) is 19.0. The Labute approximate surface area is 188 Å². The number of carbonyl (C=O) groups excluding carboxylic acids is 3. The number of hydrogen-bond acceptors (Lipinski definition) is 9. The molecule has 9 heteroatoms. The average Bonchev–Trinajstić information content (AvgIpc) is 3.16. The van der Waals surface area contributed by atoms with Crippen molar-refractivity contribution in [3.63, 3.8) is 0 Å². The summed E-state index contributed by atoms with van der Waals surface area (Å²) in [7, 11) is 0. The fraction of sp³-hybridized carbons (Fsp3) is 0.636. The first-order valence-corrected chi connectivity index (χ1v) is 11.1. The van der Waals surface area contributed by atoms with E-state index < -0.39 is 29.7 Å². The van der Waals surface area contributed by atoms with Crippen LogP contribution in [0.4, 0.5) is 0 Å². The first kappa shape index (κ1) is 26.8. The lowest BCUT2D eigenvalue weighted by molar-refractivity contribution is -0.176. The second-order valence-electron chi connectivity index (χ2n) is 8.24. The molecule has 1 rings (SSSR count). The van der Waals surface area contributed by atoms with E-state index in [4.69, 9.17) is 20.7 Å². The van der Waals surface area contributed by atoms with Gasteiger partial charge in [-0.2, -0.15) is 5.48 Å². The Morgan fingerprint density at radius 1 is 1.29 bits per heavy atom. The van der Waals surface area contributed by atoms with Crippen molar-refractivity contribution < 1.29 is 28.7 Å². The second-order valence-corrected chi connectivity index (χ2v) is 9.09. The molecule has 0 aliphatic heterocycles. The second kappa shape index (κ2) is 12.5. The number of terminal acetylenes is 1. The maximum atomic E-state index is 12.7. The Morgan fingerprint density at radius 3 is 2.52 bits per heavy atom. The molecule has 0 saturated heterocycles. The topological polar surface area (TPSA) is 104 Å². The van der Waals surface area contributed by atoms with Crippen LogP contribution in [0.5, 0.6) is 0 Å². The third-order valence-electron chi connectivity index (χ3n) is 4.02. The number of aromatic nitrogens is 1. The summed E-state index contributed by atoms with van der Waals surface area (Å²) in [5.74, 6) is 1.17. The van der Waals surface area contributed by atoms with Gasteiger partial charge in [0.2, 0.25) is 0 Å². The Bertz CT molecular complexity index is 791. The minimum absolute atomic E-state index is 0.0142. The van der Waals surface area contributed by atoms with Crippen LogP contribution >= 0.6 is 11.3 Å². The van der Waals surface area contributed by atoms with Crippen molar-refractivity contribution in [3.05, 3.63) is 16.1 Å². The number of nitrogens with zero attached hydrogens (tertiary/aromatic N) is 1. The molecule has 0 saturated carbocycles. The number of ketones is 1.